The van der Waals surface area contributed by atoms with Gasteiger partial charge < -0.3 is 20.1 Å². The van der Waals surface area contributed by atoms with E-state index in [-0.39, 0.29) is 5.91 Å². The molecule has 0 aromatic heterocycles. The van der Waals surface area contributed by atoms with Crippen LogP contribution in [0.2, 0.25) is 5.02 Å². The lowest BCUT2D eigenvalue weighted by Crippen LogP contribution is -2.06. The molecule has 3 aromatic carbocycles. The van der Waals surface area contributed by atoms with Crippen LogP contribution in [0.1, 0.15) is 18.1 Å². The molecule has 0 aliphatic rings. The van der Waals surface area contributed by atoms with Gasteiger partial charge in [0, 0.05) is 34.3 Å². The topological polar surface area (TPSA) is 59.6 Å². The van der Waals surface area contributed by atoms with Gasteiger partial charge in [0.1, 0.15) is 6.61 Å². The van der Waals surface area contributed by atoms with Crippen LogP contribution in [0.5, 0.6) is 11.5 Å². The van der Waals surface area contributed by atoms with E-state index in [1.807, 2.05) is 60.7 Å². The number of amides is 1. The molecule has 0 saturated heterocycles. The number of methoxy groups -OCH3 is 1. The molecule has 3 rings (SSSR count). The summed E-state index contributed by atoms with van der Waals surface area (Å²) in [6.45, 7) is 2.46. The number of hydrogen-bond acceptors (Lipinski definition) is 4. The molecule has 7 heteroatoms. The first-order valence-corrected chi connectivity index (χ1v) is 10.5. The van der Waals surface area contributed by atoms with Crippen LogP contribution in [0, 0.1) is 0 Å². The van der Waals surface area contributed by atoms with Crippen LogP contribution in [0.4, 0.5) is 11.4 Å². The van der Waals surface area contributed by atoms with E-state index in [1.165, 1.54) is 6.92 Å². The SMILES string of the molecule is COc1cc(CNc2ccc(NC(C)=O)cc2)c(Br)cc1OCc1cccc(Cl)c1. The zero-order valence-electron chi connectivity index (χ0n) is 16.7. The van der Waals surface area contributed by atoms with E-state index in [0.717, 1.165) is 27.0 Å². The summed E-state index contributed by atoms with van der Waals surface area (Å²) in [4.78, 5) is 11.1. The maximum absolute atomic E-state index is 11.1. The second kappa shape index (κ2) is 10.4. The van der Waals surface area contributed by atoms with Gasteiger partial charge in [-0.3, -0.25) is 4.79 Å². The smallest absolute Gasteiger partial charge is 0.221 e. The van der Waals surface area contributed by atoms with Crippen molar-refractivity contribution in [3.05, 3.63) is 81.3 Å². The highest BCUT2D eigenvalue weighted by atomic mass is 79.9. The maximum Gasteiger partial charge on any atom is 0.221 e. The van der Waals surface area contributed by atoms with Crippen molar-refractivity contribution < 1.29 is 14.3 Å². The minimum atomic E-state index is -0.0931. The lowest BCUT2D eigenvalue weighted by Gasteiger charge is -2.15. The molecule has 30 heavy (non-hydrogen) atoms. The van der Waals surface area contributed by atoms with Gasteiger partial charge in [-0.05, 0) is 59.7 Å². The Bertz CT molecular complexity index is 1030. The zero-order valence-corrected chi connectivity index (χ0v) is 19.0. The van der Waals surface area contributed by atoms with E-state index in [0.29, 0.717) is 29.7 Å². The lowest BCUT2D eigenvalue weighted by atomic mass is 10.2. The molecule has 0 spiro atoms. The van der Waals surface area contributed by atoms with Crippen LogP contribution in [-0.4, -0.2) is 13.0 Å². The average Bonchev–Trinajstić information content (AvgIpc) is 2.72. The van der Waals surface area contributed by atoms with Crippen LogP contribution >= 0.6 is 27.5 Å². The minimum Gasteiger partial charge on any atom is -0.493 e. The van der Waals surface area contributed by atoms with Crippen molar-refractivity contribution in [2.75, 3.05) is 17.7 Å². The Morgan fingerprint density at radius 1 is 1.03 bits per heavy atom. The highest BCUT2D eigenvalue weighted by molar-refractivity contribution is 9.10. The summed E-state index contributed by atoms with van der Waals surface area (Å²) >= 11 is 9.65. The number of anilines is 2. The number of carbonyl (C=O) groups excluding carboxylic acids is 1. The predicted molar refractivity (Wildman–Crippen MR) is 125 cm³/mol. The molecule has 0 fully saturated rings. The van der Waals surface area contributed by atoms with Crippen molar-refractivity contribution in [2.45, 2.75) is 20.1 Å². The van der Waals surface area contributed by atoms with Gasteiger partial charge in [0.15, 0.2) is 11.5 Å². The largest absolute Gasteiger partial charge is 0.493 e. The van der Waals surface area contributed by atoms with Gasteiger partial charge in [-0.15, -0.1) is 0 Å². The van der Waals surface area contributed by atoms with E-state index in [9.17, 15) is 4.79 Å². The van der Waals surface area contributed by atoms with Gasteiger partial charge >= 0.3 is 0 Å². The van der Waals surface area contributed by atoms with E-state index in [1.54, 1.807) is 7.11 Å². The summed E-state index contributed by atoms with van der Waals surface area (Å²) in [5.41, 5.74) is 3.70. The molecule has 0 unspecified atom stereocenters. The third-order valence-electron chi connectivity index (χ3n) is 4.30. The highest BCUT2D eigenvalue weighted by Crippen LogP contribution is 2.34. The molecule has 156 valence electrons. The Balaban J connectivity index is 1.66. The first-order chi connectivity index (χ1) is 14.4. The van der Waals surface area contributed by atoms with Crippen molar-refractivity contribution in [2.24, 2.45) is 0 Å². The van der Waals surface area contributed by atoms with Crippen LogP contribution < -0.4 is 20.1 Å². The highest BCUT2D eigenvalue weighted by Gasteiger charge is 2.11. The second-order valence-electron chi connectivity index (χ2n) is 6.63. The lowest BCUT2D eigenvalue weighted by molar-refractivity contribution is -0.114. The maximum atomic E-state index is 11.1. The molecule has 1 amide bonds. The molecule has 0 atom stereocenters. The van der Waals surface area contributed by atoms with E-state index >= 15 is 0 Å². The van der Waals surface area contributed by atoms with Crippen LogP contribution in [0.15, 0.2) is 65.1 Å². The quantitative estimate of drug-likeness (QED) is 0.392. The molecule has 2 N–H and O–H groups in total. The number of hydrogen-bond donors (Lipinski definition) is 2. The molecule has 0 heterocycles. The monoisotopic (exact) mass is 488 g/mol. The van der Waals surface area contributed by atoms with Crippen molar-refractivity contribution in [1.82, 2.24) is 0 Å². The predicted octanol–water partition coefficient (Wildman–Crippen LogP) is 6.26. The molecular formula is C23H22BrClN2O3. The van der Waals surface area contributed by atoms with Crippen LogP contribution in [0.3, 0.4) is 0 Å². The van der Waals surface area contributed by atoms with Gasteiger partial charge in [-0.25, -0.2) is 0 Å². The van der Waals surface area contributed by atoms with Gasteiger partial charge in [0.25, 0.3) is 0 Å². The second-order valence-corrected chi connectivity index (χ2v) is 7.92. The summed E-state index contributed by atoms with van der Waals surface area (Å²) in [6.07, 6.45) is 0. The fraction of sp³-hybridized carbons (Fsp3) is 0.174. The molecule has 5 nitrogen and oxygen atoms in total. The Morgan fingerprint density at radius 2 is 1.77 bits per heavy atom. The summed E-state index contributed by atoms with van der Waals surface area (Å²) in [5.74, 6) is 1.20. The molecule has 0 saturated carbocycles. The van der Waals surface area contributed by atoms with E-state index in [4.69, 9.17) is 21.1 Å². The van der Waals surface area contributed by atoms with E-state index in [2.05, 4.69) is 26.6 Å². The third-order valence-corrected chi connectivity index (χ3v) is 5.28. The van der Waals surface area contributed by atoms with Gasteiger partial charge in [0.2, 0.25) is 5.91 Å². The number of rotatable bonds is 8. The summed E-state index contributed by atoms with van der Waals surface area (Å²) in [6, 6.07) is 18.9. The summed E-state index contributed by atoms with van der Waals surface area (Å²) in [5, 5.41) is 6.79. The van der Waals surface area contributed by atoms with Gasteiger partial charge in [0.05, 0.1) is 7.11 Å². The van der Waals surface area contributed by atoms with Crippen LogP contribution in [0.25, 0.3) is 0 Å². The molecule has 0 aliphatic carbocycles. The fourth-order valence-electron chi connectivity index (χ4n) is 2.84. The van der Waals surface area contributed by atoms with Gasteiger partial charge in [-0.1, -0.05) is 39.7 Å². The number of carbonyl (C=O) groups is 1. The average molecular weight is 490 g/mol. The number of halogens is 2. The fourth-order valence-corrected chi connectivity index (χ4v) is 3.52. The van der Waals surface area contributed by atoms with Crippen molar-refractivity contribution in [1.29, 1.82) is 0 Å². The number of nitrogens with one attached hydrogen (secondary N) is 2. The number of benzene rings is 3. The Kier molecular flexibility index (Phi) is 7.60. The Hall–Kier alpha value is -2.70. The first kappa shape index (κ1) is 22.0. The van der Waals surface area contributed by atoms with Crippen molar-refractivity contribution >= 4 is 44.8 Å². The number of ether oxygens (including phenoxy) is 2. The van der Waals surface area contributed by atoms with Crippen LogP contribution in [-0.2, 0) is 17.9 Å². The molecular weight excluding hydrogens is 468 g/mol. The normalized spacial score (nSPS) is 10.4. The van der Waals surface area contributed by atoms with Gasteiger partial charge in [-0.2, -0.15) is 0 Å². The Labute approximate surface area is 189 Å². The molecule has 0 bridgehead atoms. The molecule has 3 aromatic rings. The van der Waals surface area contributed by atoms with E-state index < -0.39 is 0 Å². The van der Waals surface area contributed by atoms with Crippen molar-refractivity contribution in [3.8, 4) is 11.5 Å². The minimum absolute atomic E-state index is 0.0931. The zero-order chi connectivity index (χ0) is 21.5. The third kappa shape index (κ3) is 6.15. The molecule has 0 aliphatic heterocycles. The first-order valence-electron chi connectivity index (χ1n) is 9.30. The summed E-state index contributed by atoms with van der Waals surface area (Å²) < 4.78 is 12.4. The summed E-state index contributed by atoms with van der Waals surface area (Å²) in [7, 11) is 1.62. The molecule has 0 radical (unpaired) electrons. The van der Waals surface area contributed by atoms with Crippen molar-refractivity contribution in [3.63, 3.8) is 0 Å². The standard InChI is InChI=1S/C23H22BrClN2O3/c1-15(28)27-20-8-6-19(7-9-20)26-13-17-11-22(29-2)23(12-21(17)24)30-14-16-4-3-5-18(25)10-16/h3-12,26H,13-14H2,1-2H3,(H,27,28). The Morgan fingerprint density at radius 3 is 2.43 bits per heavy atom.